The second kappa shape index (κ2) is 7.61. The lowest BCUT2D eigenvalue weighted by molar-refractivity contribution is 0.398. The number of hydrogen-bond acceptors (Lipinski definition) is 6. The Labute approximate surface area is 169 Å². The van der Waals surface area contributed by atoms with Crippen LogP contribution in [0.4, 0.5) is 0 Å². The van der Waals surface area contributed by atoms with Crippen molar-refractivity contribution in [2.75, 3.05) is 14.2 Å². The SMILES string of the molecule is COc1c(-c2ccc(Cl)c(S(=O)(=O)Cl)c2OC)ccc(Cl)c1S(=O)(=O)Cl. The predicted octanol–water partition coefficient (Wildman–Crippen LogP) is 4.53. The minimum absolute atomic E-state index is 0.159. The molecule has 2 aromatic carbocycles. The second-order valence-corrected chi connectivity index (χ2v) is 10.6. The molecule has 26 heavy (non-hydrogen) atoms. The van der Waals surface area contributed by atoms with Gasteiger partial charge in [0.2, 0.25) is 0 Å². The first-order chi connectivity index (χ1) is 11.9. The third kappa shape index (κ3) is 4.00. The quantitative estimate of drug-likeness (QED) is 0.585. The van der Waals surface area contributed by atoms with E-state index >= 15 is 0 Å². The molecule has 0 aromatic heterocycles. The fraction of sp³-hybridized carbons (Fsp3) is 0.143. The van der Waals surface area contributed by atoms with E-state index in [0.717, 1.165) is 0 Å². The van der Waals surface area contributed by atoms with E-state index in [1.165, 1.54) is 38.5 Å². The maximum atomic E-state index is 11.9. The summed E-state index contributed by atoms with van der Waals surface area (Å²) in [6, 6.07) is 5.39. The first kappa shape index (κ1) is 21.4. The van der Waals surface area contributed by atoms with Crippen molar-refractivity contribution >= 4 is 62.7 Å². The molecular weight excluding hydrogens is 470 g/mol. The molecule has 0 aliphatic carbocycles. The topological polar surface area (TPSA) is 86.7 Å². The molecule has 0 amide bonds. The van der Waals surface area contributed by atoms with Gasteiger partial charge in [0.1, 0.15) is 21.3 Å². The van der Waals surface area contributed by atoms with Crippen LogP contribution < -0.4 is 9.47 Å². The molecule has 2 rings (SSSR count). The largest absolute Gasteiger partial charge is 0.495 e. The van der Waals surface area contributed by atoms with Gasteiger partial charge >= 0.3 is 0 Å². The van der Waals surface area contributed by atoms with Crippen LogP contribution in [0.5, 0.6) is 11.5 Å². The summed E-state index contributed by atoms with van der Waals surface area (Å²) in [6.07, 6.45) is 0. The Kier molecular flexibility index (Phi) is 6.27. The van der Waals surface area contributed by atoms with Crippen LogP contribution in [0.1, 0.15) is 0 Å². The number of ether oxygens (including phenoxy) is 2. The van der Waals surface area contributed by atoms with Crippen molar-refractivity contribution in [1.29, 1.82) is 0 Å². The van der Waals surface area contributed by atoms with Crippen molar-refractivity contribution in [3.05, 3.63) is 34.3 Å². The Balaban J connectivity index is 3.00. The van der Waals surface area contributed by atoms with Crippen molar-refractivity contribution in [3.8, 4) is 22.6 Å². The predicted molar refractivity (Wildman–Crippen MR) is 101 cm³/mol. The van der Waals surface area contributed by atoms with E-state index in [0.29, 0.717) is 0 Å². The molecule has 0 bridgehead atoms. The Morgan fingerprint density at radius 1 is 0.692 bits per heavy atom. The molecule has 0 saturated carbocycles. The molecule has 0 radical (unpaired) electrons. The van der Waals surface area contributed by atoms with Gasteiger partial charge in [-0.05, 0) is 24.3 Å². The van der Waals surface area contributed by atoms with E-state index in [-0.39, 0.29) is 32.7 Å². The highest BCUT2D eigenvalue weighted by molar-refractivity contribution is 8.14. The third-order valence-corrected chi connectivity index (χ3v) is 6.88. The third-order valence-electron chi connectivity index (χ3n) is 3.31. The minimum atomic E-state index is -4.27. The number of benzene rings is 2. The van der Waals surface area contributed by atoms with Crippen LogP contribution in [0.3, 0.4) is 0 Å². The zero-order chi connectivity index (χ0) is 19.9. The number of rotatable bonds is 5. The molecule has 0 atom stereocenters. The smallest absolute Gasteiger partial charge is 0.266 e. The average molecular weight is 480 g/mol. The van der Waals surface area contributed by atoms with E-state index in [2.05, 4.69) is 0 Å². The van der Waals surface area contributed by atoms with Gasteiger partial charge in [-0.1, -0.05) is 23.2 Å². The van der Waals surface area contributed by atoms with Crippen molar-refractivity contribution in [3.63, 3.8) is 0 Å². The fourth-order valence-corrected chi connectivity index (χ4v) is 5.86. The van der Waals surface area contributed by atoms with Crippen LogP contribution in [0.25, 0.3) is 11.1 Å². The summed E-state index contributed by atoms with van der Waals surface area (Å²) in [4.78, 5) is -0.929. The van der Waals surface area contributed by atoms with Gasteiger partial charge in [-0.25, -0.2) is 16.8 Å². The van der Waals surface area contributed by atoms with Gasteiger partial charge in [0.05, 0.1) is 24.3 Å². The van der Waals surface area contributed by atoms with Crippen molar-refractivity contribution in [1.82, 2.24) is 0 Å². The van der Waals surface area contributed by atoms with Crippen LogP contribution in [0, 0.1) is 0 Å². The molecule has 0 heterocycles. The molecule has 0 N–H and O–H groups in total. The fourth-order valence-electron chi connectivity index (χ4n) is 2.36. The molecule has 0 aliphatic heterocycles. The highest BCUT2D eigenvalue weighted by Gasteiger charge is 2.29. The Morgan fingerprint density at radius 2 is 1.00 bits per heavy atom. The Hall–Kier alpha value is -0.900. The highest BCUT2D eigenvalue weighted by atomic mass is 35.7. The standard InChI is InChI=1S/C14H10Cl4O6S2/c1-23-11-7(3-5-9(15)13(11)25(17,19)20)8-4-6-10(16)14(12(8)24-2)26(18,21)22/h3-6H,1-2H3. The summed E-state index contributed by atoms with van der Waals surface area (Å²) in [7, 11) is 4.78. The summed E-state index contributed by atoms with van der Waals surface area (Å²) in [5.74, 6) is -0.378. The van der Waals surface area contributed by atoms with E-state index in [1.54, 1.807) is 0 Å². The van der Waals surface area contributed by atoms with Gasteiger partial charge in [-0.15, -0.1) is 0 Å². The number of hydrogen-bond donors (Lipinski definition) is 0. The molecule has 0 aliphatic rings. The van der Waals surface area contributed by atoms with Gasteiger partial charge in [-0.3, -0.25) is 0 Å². The van der Waals surface area contributed by atoms with Crippen molar-refractivity contribution < 1.29 is 26.3 Å². The molecular formula is C14H10Cl4O6S2. The van der Waals surface area contributed by atoms with Gasteiger partial charge in [0.25, 0.3) is 18.1 Å². The lowest BCUT2D eigenvalue weighted by Crippen LogP contribution is -2.03. The zero-order valence-electron chi connectivity index (χ0n) is 13.1. The summed E-state index contributed by atoms with van der Waals surface area (Å²) < 4.78 is 57.9. The minimum Gasteiger partial charge on any atom is -0.495 e. The summed E-state index contributed by atoms with van der Waals surface area (Å²) >= 11 is 11.9. The Morgan fingerprint density at radius 3 is 1.23 bits per heavy atom. The molecule has 0 unspecified atom stereocenters. The van der Waals surface area contributed by atoms with Gasteiger partial charge in [-0.2, -0.15) is 0 Å². The van der Waals surface area contributed by atoms with Crippen LogP contribution in [0.2, 0.25) is 10.0 Å². The average Bonchev–Trinajstić information content (AvgIpc) is 2.51. The van der Waals surface area contributed by atoms with E-state index in [4.69, 9.17) is 54.0 Å². The number of methoxy groups -OCH3 is 2. The van der Waals surface area contributed by atoms with Gasteiger partial charge in [0.15, 0.2) is 0 Å². The lowest BCUT2D eigenvalue weighted by Gasteiger charge is -2.17. The molecule has 0 spiro atoms. The summed E-state index contributed by atoms with van der Waals surface area (Å²) in [5.41, 5.74) is 0.317. The van der Waals surface area contributed by atoms with Crippen LogP contribution >= 0.6 is 44.6 Å². The van der Waals surface area contributed by atoms with Crippen LogP contribution in [-0.4, -0.2) is 31.1 Å². The summed E-state index contributed by atoms with van der Waals surface area (Å²) in [6.45, 7) is 0. The second-order valence-electron chi connectivity index (χ2n) is 4.79. The zero-order valence-corrected chi connectivity index (χ0v) is 17.7. The molecule has 6 nitrogen and oxygen atoms in total. The highest BCUT2D eigenvalue weighted by Crippen LogP contribution is 2.47. The molecule has 0 saturated heterocycles. The first-order valence-electron chi connectivity index (χ1n) is 6.56. The van der Waals surface area contributed by atoms with Crippen molar-refractivity contribution in [2.24, 2.45) is 0 Å². The Bertz CT molecular complexity index is 994. The molecule has 12 heteroatoms. The van der Waals surface area contributed by atoms with E-state index < -0.39 is 27.9 Å². The van der Waals surface area contributed by atoms with Gasteiger partial charge < -0.3 is 9.47 Å². The van der Waals surface area contributed by atoms with E-state index in [1.807, 2.05) is 0 Å². The van der Waals surface area contributed by atoms with E-state index in [9.17, 15) is 16.8 Å². The molecule has 142 valence electrons. The van der Waals surface area contributed by atoms with Gasteiger partial charge in [0, 0.05) is 32.5 Å². The van der Waals surface area contributed by atoms with Crippen LogP contribution in [0.15, 0.2) is 34.1 Å². The first-order valence-corrected chi connectivity index (χ1v) is 11.9. The molecule has 2 aromatic rings. The monoisotopic (exact) mass is 478 g/mol. The maximum Gasteiger partial charge on any atom is 0.266 e. The maximum absolute atomic E-state index is 11.9. The van der Waals surface area contributed by atoms with Crippen LogP contribution in [-0.2, 0) is 18.1 Å². The lowest BCUT2D eigenvalue weighted by atomic mass is 10.0. The van der Waals surface area contributed by atoms with Crippen molar-refractivity contribution in [2.45, 2.75) is 9.79 Å². The normalized spacial score (nSPS) is 12.1. The molecule has 0 fully saturated rings. The summed E-state index contributed by atoms with van der Waals surface area (Å²) in [5, 5.41) is -0.336. The number of halogens is 4.